The van der Waals surface area contributed by atoms with E-state index in [0.717, 1.165) is 31.9 Å². The summed E-state index contributed by atoms with van der Waals surface area (Å²) in [5.41, 5.74) is -0.461. The SMILES string of the molecule is CCCCN1CCC(NC(=NC)NCC(C)(C)C(=O)NCC)CC1. The molecule has 1 saturated heterocycles. The molecule has 24 heavy (non-hydrogen) atoms. The van der Waals surface area contributed by atoms with E-state index in [4.69, 9.17) is 0 Å². The predicted octanol–water partition coefficient (Wildman–Crippen LogP) is 1.58. The number of rotatable bonds is 8. The van der Waals surface area contributed by atoms with Gasteiger partial charge in [0.2, 0.25) is 5.91 Å². The van der Waals surface area contributed by atoms with E-state index >= 15 is 0 Å². The fourth-order valence-corrected chi connectivity index (χ4v) is 2.86. The Balaban J connectivity index is 2.37. The molecule has 1 amide bonds. The van der Waals surface area contributed by atoms with E-state index in [2.05, 4.69) is 32.8 Å². The maximum Gasteiger partial charge on any atom is 0.227 e. The van der Waals surface area contributed by atoms with Crippen molar-refractivity contribution in [1.82, 2.24) is 20.9 Å². The van der Waals surface area contributed by atoms with Gasteiger partial charge in [0.1, 0.15) is 0 Å². The van der Waals surface area contributed by atoms with Crippen LogP contribution in [0.3, 0.4) is 0 Å². The molecule has 1 heterocycles. The van der Waals surface area contributed by atoms with E-state index in [1.165, 1.54) is 19.4 Å². The largest absolute Gasteiger partial charge is 0.356 e. The Hall–Kier alpha value is -1.30. The molecule has 0 aliphatic carbocycles. The number of hydrogen-bond acceptors (Lipinski definition) is 3. The molecule has 0 saturated carbocycles. The van der Waals surface area contributed by atoms with Crippen LogP contribution in [0, 0.1) is 5.41 Å². The van der Waals surface area contributed by atoms with Gasteiger partial charge >= 0.3 is 0 Å². The van der Waals surface area contributed by atoms with E-state index in [0.29, 0.717) is 19.1 Å². The molecule has 0 atom stereocenters. The minimum Gasteiger partial charge on any atom is -0.356 e. The highest BCUT2D eigenvalue weighted by molar-refractivity contribution is 5.84. The summed E-state index contributed by atoms with van der Waals surface area (Å²) in [7, 11) is 1.78. The Morgan fingerprint density at radius 1 is 1.21 bits per heavy atom. The molecule has 6 heteroatoms. The number of guanidine groups is 1. The molecule has 1 aliphatic heterocycles. The first kappa shape index (κ1) is 20.7. The minimum atomic E-state index is -0.461. The van der Waals surface area contributed by atoms with E-state index in [-0.39, 0.29) is 5.91 Å². The van der Waals surface area contributed by atoms with Gasteiger partial charge in [-0.15, -0.1) is 0 Å². The highest BCUT2D eigenvalue weighted by atomic mass is 16.2. The van der Waals surface area contributed by atoms with Crippen LogP contribution in [0.5, 0.6) is 0 Å². The second kappa shape index (κ2) is 10.5. The molecular formula is C18H37N5O. The van der Waals surface area contributed by atoms with E-state index in [1.54, 1.807) is 7.05 Å². The van der Waals surface area contributed by atoms with Crippen LogP contribution in [0.4, 0.5) is 0 Å². The zero-order valence-corrected chi connectivity index (χ0v) is 16.2. The Bertz CT molecular complexity index is 400. The third kappa shape index (κ3) is 7.07. The molecule has 0 spiro atoms. The second-order valence-electron chi connectivity index (χ2n) is 7.28. The lowest BCUT2D eigenvalue weighted by molar-refractivity contribution is -0.128. The number of nitrogens with one attached hydrogen (secondary N) is 3. The van der Waals surface area contributed by atoms with Crippen molar-refractivity contribution < 1.29 is 4.79 Å². The van der Waals surface area contributed by atoms with Gasteiger partial charge < -0.3 is 20.9 Å². The molecule has 0 aromatic rings. The summed E-state index contributed by atoms with van der Waals surface area (Å²) in [6, 6.07) is 0.460. The highest BCUT2D eigenvalue weighted by Crippen LogP contribution is 2.14. The maximum absolute atomic E-state index is 12.1. The van der Waals surface area contributed by atoms with Crippen LogP contribution >= 0.6 is 0 Å². The van der Waals surface area contributed by atoms with E-state index in [1.807, 2.05) is 20.8 Å². The van der Waals surface area contributed by atoms with Gasteiger partial charge in [0.15, 0.2) is 5.96 Å². The van der Waals surface area contributed by atoms with Crippen molar-refractivity contribution in [3.8, 4) is 0 Å². The molecule has 1 rings (SSSR count). The fraction of sp³-hybridized carbons (Fsp3) is 0.889. The lowest BCUT2D eigenvalue weighted by Gasteiger charge is -2.33. The maximum atomic E-state index is 12.1. The lowest BCUT2D eigenvalue weighted by atomic mass is 9.92. The summed E-state index contributed by atoms with van der Waals surface area (Å²) < 4.78 is 0. The molecule has 0 aromatic heterocycles. The summed E-state index contributed by atoms with van der Waals surface area (Å²) in [6.07, 6.45) is 4.83. The monoisotopic (exact) mass is 339 g/mol. The van der Waals surface area contributed by atoms with Crippen molar-refractivity contribution in [2.75, 3.05) is 39.8 Å². The van der Waals surface area contributed by atoms with Crippen LogP contribution in [-0.4, -0.2) is 62.6 Å². The number of carbonyl (C=O) groups excluding carboxylic acids is 1. The van der Waals surface area contributed by atoms with Gasteiger partial charge in [-0.05, 0) is 46.6 Å². The van der Waals surface area contributed by atoms with Gasteiger partial charge in [0, 0.05) is 39.3 Å². The molecule has 0 radical (unpaired) electrons. The Kier molecular flexibility index (Phi) is 9.11. The topological polar surface area (TPSA) is 68.8 Å². The number of nitrogens with zero attached hydrogens (tertiary/aromatic N) is 2. The predicted molar refractivity (Wildman–Crippen MR) is 101 cm³/mol. The number of unbranched alkanes of at least 4 members (excludes halogenated alkanes) is 1. The van der Waals surface area contributed by atoms with Crippen LogP contribution < -0.4 is 16.0 Å². The standard InChI is InChI=1S/C18H37N5O/c1-6-8-11-23-12-9-15(10-13-23)22-17(19-5)21-14-18(3,4)16(24)20-7-2/h15H,6-14H2,1-5H3,(H,20,24)(H2,19,21,22). The van der Waals surface area contributed by atoms with E-state index in [9.17, 15) is 4.79 Å². The molecular weight excluding hydrogens is 302 g/mol. The number of hydrogen-bond donors (Lipinski definition) is 3. The summed E-state index contributed by atoms with van der Waals surface area (Å²) in [4.78, 5) is 18.9. The van der Waals surface area contributed by atoms with Gasteiger partial charge in [-0.3, -0.25) is 9.79 Å². The average Bonchev–Trinajstić information content (AvgIpc) is 2.58. The zero-order chi connectivity index (χ0) is 18.0. The van der Waals surface area contributed by atoms with Crippen molar-refractivity contribution in [2.45, 2.75) is 59.4 Å². The molecule has 3 N–H and O–H groups in total. The zero-order valence-electron chi connectivity index (χ0n) is 16.2. The van der Waals surface area contributed by atoms with Crippen molar-refractivity contribution in [3.05, 3.63) is 0 Å². The van der Waals surface area contributed by atoms with Crippen LogP contribution in [0.2, 0.25) is 0 Å². The molecule has 140 valence electrons. The lowest BCUT2D eigenvalue weighted by Crippen LogP contribution is -2.52. The highest BCUT2D eigenvalue weighted by Gasteiger charge is 2.27. The summed E-state index contributed by atoms with van der Waals surface area (Å²) in [6.45, 7) is 12.8. The number of carbonyl (C=O) groups is 1. The van der Waals surface area contributed by atoms with E-state index < -0.39 is 5.41 Å². The second-order valence-corrected chi connectivity index (χ2v) is 7.28. The number of aliphatic imine (C=N–C) groups is 1. The Morgan fingerprint density at radius 2 is 1.88 bits per heavy atom. The van der Waals surface area contributed by atoms with Crippen molar-refractivity contribution in [3.63, 3.8) is 0 Å². The average molecular weight is 340 g/mol. The summed E-state index contributed by atoms with van der Waals surface area (Å²) in [5, 5.41) is 9.70. The van der Waals surface area contributed by atoms with Crippen LogP contribution in [0.25, 0.3) is 0 Å². The van der Waals surface area contributed by atoms with Gasteiger partial charge in [-0.25, -0.2) is 0 Å². The Labute approximate surface area is 147 Å². The van der Waals surface area contributed by atoms with Crippen LogP contribution in [0.15, 0.2) is 4.99 Å². The van der Waals surface area contributed by atoms with Gasteiger partial charge in [-0.2, -0.15) is 0 Å². The normalized spacial score (nSPS) is 17.6. The van der Waals surface area contributed by atoms with Gasteiger partial charge in [-0.1, -0.05) is 13.3 Å². The third-order valence-corrected chi connectivity index (χ3v) is 4.63. The first-order chi connectivity index (χ1) is 11.4. The van der Waals surface area contributed by atoms with Gasteiger partial charge in [0.05, 0.1) is 5.41 Å². The molecule has 0 bridgehead atoms. The van der Waals surface area contributed by atoms with Crippen molar-refractivity contribution in [2.24, 2.45) is 10.4 Å². The molecule has 1 fully saturated rings. The number of likely N-dealkylation sites (tertiary alicyclic amines) is 1. The fourth-order valence-electron chi connectivity index (χ4n) is 2.86. The molecule has 6 nitrogen and oxygen atoms in total. The third-order valence-electron chi connectivity index (χ3n) is 4.63. The number of piperidine rings is 1. The van der Waals surface area contributed by atoms with Crippen LogP contribution in [-0.2, 0) is 4.79 Å². The molecule has 0 unspecified atom stereocenters. The first-order valence-corrected chi connectivity index (χ1v) is 9.40. The Morgan fingerprint density at radius 3 is 2.42 bits per heavy atom. The molecule has 1 aliphatic rings. The smallest absolute Gasteiger partial charge is 0.227 e. The summed E-state index contributed by atoms with van der Waals surface area (Å²) in [5.74, 6) is 0.858. The van der Waals surface area contributed by atoms with Crippen molar-refractivity contribution >= 4 is 11.9 Å². The quantitative estimate of drug-likeness (QED) is 0.464. The first-order valence-electron chi connectivity index (χ1n) is 9.40. The minimum absolute atomic E-state index is 0.0668. The summed E-state index contributed by atoms with van der Waals surface area (Å²) >= 11 is 0. The molecule has 0 aromatic carbocycles. The van der Waals surface area contributed by atoms with Gasteiger partial charge in [0.25, 0.3) is 0 Å². The van der Waals surface area contributed by atoms with Crippen LogP contribution in [0.1, 0.15) is 53.4 Å². The van der Waals surface area contributed by atoms with Crippen molar-refractivity contribution in [1.29, 1.82) is 0 Å². The number of amides is 1.